The number of hydrogen-bond donors (Lipinski definition) is 1. The molecule has 0 amide bonds. The lowest BCUT2D eigenvalue weighted by molar-refractivity contribution is 0.000514. The van der Waals surface area contributed by atoms with Crippen LogP contribution in [0.5, 0.6) is 23.3 Å². The van der Waals surface area contributed by atoms with Gasteiger partial charge in [0.15, 0.2) is 11.6 Å². The van der Waals surface area contributed by atoms with Crippen LogP contribution in [0.25, 0.3) is 10.9 Å². The van der Waals surface area contributed by atoms with Crippen molar-refractivity contribution in [1.82, 2.24) is 14.9 Å². The van der Waals surface area contributed by atoms with E-state index in [2.05, 4.69) is 20.9 Å². The summed E-state index contributed by atoms with van der Waals surface area (Å²) in [5.74, 6) is -0.719. The van der Waals surface area contributed by atoms with Gasteiger partial charge in [-0.3, -0.25) is 0 Å². The molecule has 0 saturated carbocycles. The Morgan fingerprint density at radius 1 is 0.950 bits per heavy atom. The first kappa shape index (κ1) is 29.5. The van der Waals surface area contributed by atoms with Crippen molar-refractivity contribution in [2.24, 2.45) is 0 Å². The first-order valence-electron chi connectivity index (χ1n) is 12.6. The van der Waals surface area contributed by atoms with Crippen LogP contribution in [0.4, 0.5) is 4.39 Å². The Hall–Kier alpha value is -3.47. The van der Waals surface area contributed by atoms with Crippen LogP contribution in [-0.2, 0) is 5.60 Å². The lowest BCUT2D eigenvalue weighted by atomic mass is 9.71. The van der Waals surface area contributed by atoms with Crippen molar-refractivity contribution < 1.29 is 28.4 Å². The molecule has 0 aliphatic heterocycles. The molecule has 2 aromatic carbocycles. The lowest BCUT2D eigenvalue weighted by Gasteiger charge is -2.39. The molecule has 0 fully saturated rings. The minimum absolute atomic E-state index is 0.0483. The molecular formula is C30H33BrFN3O5. The smallest absolute Gasteiger partial charge is 0.217 e. The van der Waals surface area contributed by atoms with Crippen LogP contribution in [0.2, 0.25) is 0 Å². The Morgan fingerprint density at radius 2 is 1.70 bits per heavy atom. The molecule has 212 valence electrons. The Balaban J connectivity index is 2.14. The van der Waals surface area contributed by atoms with Gasteiger partial charge in [0, 0.05) is 39.2 Å². The summed E-state index contributed by atoms with van der Waals surface area (Å²) in [7, 11) is 9.70. The highest BCUT2D eigenvalue weighted by Crippen LogP contribution is 2.51. The van der Waals surface area contributed by atoms with Crippen molar-refractivity contribution in [2.45, 2.75) is 17.9 Å². The fourth-order valence-electron chi connectivity index (χ4n) is 4.97. The molecule has 10 heteroatoms. The lowest BCUT2D eigenvalue weighted by Crippen LogP contribution is -2.38. The number of fused-ring (bicyclic) bond motifs is 1. The third kappa shape index (κ3) is 5.70. The average Bonchev–Trinajstić information content (AvgIpc) is 2.96. The zero-order chi connectivity index (χ0) is 29.0. The molecule has 8 nitrogen and oxygen atoms in total. The minimum atomic E-state index is -1.76. The number of methoxy groups -OCH3 is 4. The van der Waals surface area contributed by atoms with Gasteiger partial charge in [0.25, 0.3) is 0 Å². The SMILES string of the molecule is COc1cc([C@](O)(CCN(C)C)[C@@H](c2cc3cc(Br)ccc3nc2OC)c2cccc(OC)c2F)c(OC)cn1. The molecule has 1 N–H and O–H groups in total. The molecule has 0 unspecified atom stereocenters. The number of aromatic nitrogens is 2. The van der Waals surface area contributed by atoms with Crippen LogP contribution < -0.4 is 18.9 Å². The number of nitrogens with zero attached hydrogens (tertiary/aromatic N) is 3. The standard InChI is InChI=1S/C30H33BrFN3O5/c1-35(2)13-12-30(36,22-16-26(39-5)33-17-25(22)38-4)27(20-8-7-9-24(37-3)28(20)32)21-15-18-14-19(31)10-11-23(18)34-29(21)40-6/h7-11,14-17,27,36H,12-13H2,1-6H3/t27-,30-/m1/s1. The van der Waals surface area contributed by atoms with Crippen LogP contribution in [0.3, 0.4) is 0 Å². The molecule has 40 heavy (non-hydrogen) atoms. The first-order valence-corrected chi connectivity index (χ1v) is 13.4. The number of halogens is 2. The van der Waals surface area contributed by atoms with Gasteiger partial charge in [-0.2, -0.15) is 0 Å². The minimum Gasteiger partial charge on any atom is -0.495 e. The highest BCUT2D eigenvalue weighted by atomic mass is 79.9. The van der Waals surface area contributed by atoms with Crippen molar-refractivity contribution in [3.63, 3.8) is 0 Å². The van der Waals surface area contributed by atoms with Gasteiger partial charge < -0.3 is 29.0 Å². The Kier molecular flexibility index (Phi) is 9.12. The molecule has 2 atom stereocenters. The van der Waals surface area contributed by atoms with E-state index in [4.69, 9.17) is 23.9 Å². The monoisotopic (exact) mass is 613 g/mol. The number of benzene rings is 2. The Morgan fingerprint density at radius 3 is 2.35 bits per heavy atom. The Labute approximate surface area is 241 Å². The summed E-state index contributed by atoms with van der Waals surface area (Å²) in [6.45, 7) is 0.460. The fraction of sp³-hybridized carbons (Fsp3) is 0.333. The first-order chi connectivity index (χ1) is 19.2. The largest absolute Gasteiger partial charge is 0.495 e. The molecule has 0 aliphatic rings. The van der Waals surface area contributed by atoms with E-state index in [-0.39, 0.29) is 29.5 Å². The fourth-order valence-corrected chi connectivity index (χ4v) is 5.35. The van der Waals surface area contributed by atoms with E-state index < -0.39 is 17.3 Å². The van der Waals surface area contributed by atoms with Gasteiger partial charge in [0.05, 0.1) is 46.1 Å². The maximum absolute atomic E-state index is 16.2. The van der Waals surface area contributed by atoms with Gasteiger partial charge in [0.1, 0.15) is 11.4 Å². The van der Waals surface area contributed by atoms with Gasteiger partial charge in [0.2, 0.25) is 11.8 Å². The molecular weight excluding hydrogens is 581 g/mol. The second-order valence-electron chi connectivity index (χ2n) is 9.62. The molecule has 4 aromatic rings. The maximum atomic E-state index is 16.2. The number of hydrogen-bond acceptors (Lipinski definition) is 8. The van der Waals surface area contributed by atoms with Gasteiger partial charge >= 0.3 is 0 Å². The van der Waals surface area contributed by atoms with Crippen molar-refractivity contribution in [3.8, 4) is 23.3 Å². The van der Waals surface area contributed by atoms with E-state index >= 15 is 4.39 Å². The summed E-state index contributed by atoms with van der Waals surface area (Å²) >= 11 is 3.53. The van der Waals surface area contributed by atoms with E-state index in [9.17, 15) is 5.11 Å². The normalized spacial score (nSPS) is 13.7. The zero-order valence-corrected chi connectivity index (χ0v) is 25.0. The van der Waals surface area contributed by atoms with E-state index in [1.165, 1.54) is 40.7 Å². The summed E-state index contributed by atoms with van der Waals surface area (Å²) in [5.41, 5.74) is 0.00133. The summed E-state index contributed by atoms with van der Waals surface area (Å²) < 4.78 is 39.3. The average molecular weight is 615 g/mol. The van der Waals surface area contributed by atoms with Crippen LogP contribution in [-0.4, -0.2) is 69.1 Å². The number of rotatable bonds is 11. The highest BCUT2D eigenvalue weighted by Gasteiger charge is 2.46. The second-order valence-corrected chi connectivity index (χ2v) is 10.5. The van der Waals surface area contributed by atoms with Crippen LogP contribution in [0, 0.1) is 5.82 Å². The second kappa shape index (κ2) is 12.4. The number of pyridine rings is 2. The predicted molar refractivity (Wildman–Crippen MR) is 155 cm³/mol. The third-order valence-corrected chi connectivity index (χ3v) is 7.45. The number of aliphatic hydroxyl groups is 1. The highest BCUT2D eigenvalue weighted by molar-refractivity contribution is 9.10. The molecule has 2 aromatic heterocycles. The van der Waals surface area contributed by atoms with Gasteiger partial charge in [-0.1, -0.05) is 28.1 Å². The molecule has 0 radical (unpaired) electrons. The predicted octanol–water partition coefficient (Wildman–Crippen LogP) is 5.54. The molecule has 0 aliphatic carbocycles. The Bertz CT molecular complexity index is 1500. The van der Waals surface area contributed by atoms with E-state index in [1.54, 1.807) is 18.2 Å². The van der Waals surface area contributed by atoms with Gasteiger partial charge in [-0.05, 0) is 50.8 Å². The quantitative estimate of drug-likeness (QED) is 0.236. The van der Waals surface area contributed by atoms with Crippen molar-refractivity contribution in [1.29, 1.82) is 0 Å². The van der Waals surface area contributed by atoms with Crippen molar-refractivity contribution in [2.75, 3.05) is 49.1 Å². The number of ether oxygens (including phenoxy) is 4. The van der Waals surface area contributed by atoms with Gasteiger partial charge in [-0.25, -0.2) is 14.4 Å². The molecule has 0 spiro atoms. The van der Waals surface area contributed by atoms with E-state index in [0.29, 0.717) is 28.9 Å². The summed E-state index contributed by atoms with van der Waals surface area (Å²) in [6, 6.07) is 14.0. The summed E-state index contributed by atoms with van der Waals surface area (Å²) in [4.78, 5) is 11.0. The topological polar surface area (TPSA) is 86.2 Å². The molecule has 0 saturated heterocycles. The van der Waals surface area contributed by atoms with E-state index in [1.807, 2.05) is 43.3 Å². The zero-order valence-electron chi connectivity index (χ0n) is 23.4. The maximum Gasteiger partial charge on any atom is 0.217 e. The van der Waals surface area contributed by atoms with Crippen molar-refractivity contribution in [3.05, 3.63) is 81.7 Å². The van der Waals surface area contributed by atoms with Crippen LogP contribution in [0.15, 0.2) is 59.2 Å². The van der Waals surface area contributed by atoms with Crippen molar-refractivity contribution >= 4 is 26.8 Å². The molecule has 0 bridgehead atoms. The van der Waals surface area contributed by atoms with Crippen LogP contribution >= 0.6 is 15.9 Å². The molecule has 4 rings (SSSR count). The third-order valence-electron chi connectivity index (χ3n) is 6.95. The summed E-state index contributed by atoms with van der Waals surface area (Å²) in [6.07, 6.45) is 1.67. The van der Waals surface area contributed by atoms with E-state index in [0.717, 1.165) is 9.86 Å². The summed E-state index contributed by atoms with van der Waals surface area (Å²) in [5, 5.41) is 13.8. The molecule has 2 heterocycles. The van der Waals surface area contributed by atoms with Crippen LogP contribution in [0.1, 0.15) is 29.0 Å². The van der Waals surface area contributed by atoms with Gasteiger partial charge in [-0.15, -0.1) is 0 Å².